The van der Waals surface area contributed by atoms with Gasteiger partial charge in [-0.15, -0.1) is 0 Å². The molecule has 1 saturated heterocycles. The maximum atomic E-state index is 13.3. The first kappa shape index (κ1) is 24.6. The van der Waals surface area contributed by atoms with Crippen LogP contribution in [0.15, 0.2) is 48.8 Å². The van der Waals surface area contributed by atoms with Crippen LogP contribution in [0.2, 0.25) is 0 Å². The molecule has 1 atom stereocenters. The standard InChI is InChI=1S/C25H22F4N6O2/c1-34-22(16-6-8-17(26)9-7-16)33-21-23(34)32-18(12-31-21)24(36)35-11-3-4-15(13-35)14-37-19-5-2-10-30-20(19)25(27,28)29/h2,5-10,12,15H,3-4,11,13-14H2,1H3. The lowest BCUT2D eigenvalue weighted by molar-refractivity contribution is -0.142. The van der Waals surface area contributed by atoms with Gasteiger partial charge in [0.05, 0.1) is 12.8 Å². The lowest BCUT2D eigenvalue weighted by Crippen LogP contribution is -2.42. The van der Waals surface area contributed by atoms with E-state index in [0.29, 0.717) is 48.6 Å². The minimum atomic E-state index is -4.62. The number of halogens is 4. The van der Waals surface area contributed by atoms with Gasteiger partial charge in [0.15, 0.2) is 17.0 Å². The Bertz CT molecular complexity index is 1440. The van der Waals surface area contributed by atoms with Crippen molar-refractivity contribution in [2.24, 2.45) is 13.0 Å². The van der Waals surface area contributed by atoms with Crippen molar-refractivity contribution in [3.63, 3.8) is 0 Å². The number of imidazole rings is 1. The first-order chi connectivity index (χ1) is 17.7. The van der Waals surface area contributed by atoms with Gasteiger partial charge in [0.25, 0.3) is 5.91 Å². The van der Waals surface area contributed by atoms with Crippen molar-refractivity contribution in [2.75, 3.05) is 19.7 Å². The first-order valence-electron chi connectivity index (χ1n) is 11.6. The Morgan fingerprint density at radius 3 is 2.68 bits per heavy atom. The smallest absolute Gasteiger partial charge is 0.437 e. The van der Waals surface area contributed by atoms with Gasteiger partial charge in [-0.25, -0.2) is 24.3 Å². The van der Waals surface area contributed by atoms with E-state index in [2.05, 4.69) is 19.9 Å². The van der Waals surface area contributed by atoms with Crippen molar-refractivity contribution < 1.29 is 27.1 Å². The predicted octanol–water partition coefficient (Wildman–Crippen LogP) is 4.51. The molecule has 0 spiro atoms. The zero-order valence-corrected chi connectivity index (χ0v) is 19.7. The maximum absolute atomic E-state index is 13.3. The molecule has 0 saturated carbocycles. The molecular formula is C25H22F4N6O2. The number of piperidine rings is 1. The molecule has 4 heterocycles. The number of alkyl halides is 3. The third-order valence-corrected chi connectivity index (χ3v) is 6.22. The predicted molar refractivity (Wildman–Crippen MR) is 125 cm³/mol. The normalized spacial score (nSPS) is 16.2. The fraction of sp³-hybridized carbons (Fsp3) is 0.320. The zero-order chi connectivity index (χ0) is 26.2. The fourth-order valence-corrected chi connectivity index (χ4v) is 4.39. The molecule has 37 heavy (non-hydrogen) atoms. The number of nitrogens with zero attached hydrogens (tertiary/aromatic N) is 6. The molecule has 12 heteroatoms. The van der Waals surface area contributed by atoms with E-state index in [1.165, 1.54) is 30.5 Å². The second-order valence-electron chi connectivity index (χ2n) is 8.82. The van der Waals surface area contributed by atoms with Crippen molar-refractivity contribution in [1.29, 1.82) is 0 Å². The molecule has 0 aliphatic carbocycles. The highest BCUT2D eigenvalue weighted by Gasteiger charge is 2.36. The molecular weight excluding hydrogens is 492 g/mol. The number of amides is 1. The number of benzene rings is 1. The van der Waals surface area contributed by atoms with Crippen LogP contribution in [0, 0.1) is 11.7 Å². The van der Waals surface area contributed by atoms with Crippen molar-refractivity contribution >= 4 is 17.2 Å². The van der Waals surface area contributed by atoms with Gasteiger partial charge in [0, 0.05) is 37.8 Å². The van der Waals surface area contributed by atoms with Crippen molar-refractivity contribution in [3.05, 3.63) is 66.0 Å². The lowest BCUT2D eigenvalue weighted by Gasteiger charge is -2.32. The van der Waals surface area contributed by atoms with Gasteiger partial charge < -0.3 is 14.2 Å². The van der Waals surface area contributed by atoms with E-state index >= 15 is 0 Å². The highest BCUT2D eigenvalue weighted by molar-refractivity contribution is 5.93. The maximum Gasteiger partial charge on any atom is 0.437 e. The Morgan fingerprint density at radius 2 is 1.92 bits per heavy atom. The molecule has 8 nitrogen and oxygen atoms in total. The average Bonchev–Trinajstić information content (AvgIpc) is 3.23. The number of aryl methyl sites for hydroxylation is 1. The lowest BCUT2D eigenvalue weighted by atomic mass is 9.98. The van der Waals surface area contributed by atoms with Crippen LogP contribution in [-0.2, 0) is 13.2 Å². The van der Waals surface area contributed by atoms with Crippen molar-refractivity contribution in [2.45, 2.75) is 19.0 Å². The van der Waals surface area contributed by atoms with Crippen LogP contribution in [0.25, 0.3) is 22.7 Å². The van der Waals surface area contributed by atoms with Crippen molar-refractivity contribution in [1.82, 2.24) is 29.4 Å². The van der Waals surface area contributed by atoms with Gasteiger partial charge in [-0.2, -0.15) is 13.2 Å². The number of likely N-dealkylation sites (tertiary alicyclic amines) is 1. The summed E-state index contributed by atoms with van der Waals surface area (Å²) in [7, 11) is 1.73. The van der Waals surface area contributed by atoms with E-state index in [1.807, 2.05) is 0 Å². The van der Waals surface area contributed by atoms with Crippen LogP contribution in [-0.4, -0.2) is 55.0 Å². The molecule has 1 aromatic carbocycles. The number of aromatic nitrogens is 5. The summed E-state index contributed by atoms with van der Waals surface area (Å²) in [6.45, 7) is 0.820. The van der Waals surface area contributed by atoms with Crippen LogP contribution >= 0.6 is 0 Å². The monoisotopic (exact) mass is 514 g/mol. The third-order valence-electron chi connectivity index (χ3n) is 6.22. The molecule has 0 bridgehead atoms. The summed E-state index contributed by atoms with van der Waals surface area (Å²) in [4.78, 5) is 31.5. The highest BCUT2D eigenvalue weighted by Crippen LogP contribution is 2.34. The zero-order valence-electron chi connectivity index (χ0n) is 19.7. The molecule has 3 aromatic heterocycles. The SMILES string of the molecule is Cn1c(-c2ccc(F)cc2)nc2ncc(C(=O)N3CCCC(COc4cccnc4C(F)(F)F)C3)nc21. The number of pyridine rings is 1. The average molecular weight is 514 g/mol. The van der Waals surface area contributed by atoms with Gasteiger partial charge in [0.2, 0.25) is 0 Å². The molecule has 1 aliphatic heterocycles. The Kier molecular flexibility index (Phi) is 6.48. The topological polar surface area (TPSA) is 86.0 Å². The number of carbonyl (C=O) groups is 1. The second-order valence-corrected chi connectivity index (χ2v) is 8.82. The Balaban J connectivity index is 1.30. The fourth-order valence-electron chi connectivity index (χ4n) is 4.39. The van der Waals surface area contributed by atoms with E-state index in [-0.39, 0.29) is 35.7 Å². The largest absolute Gasteiger partial charge is 0.491 e. The number of hydrogen-bond donors (Lipinski definition) is 0. The summed E-state index contributed by atoms with van der Waals surface area (Å²) in [5, 5.41) is 0. The summed E-state index contributed by atoms with van der Waals surface area (Å²) in [5.74, 6) is -0.650. The Hall–Kier alpha value is -4.09. The molecule has 0 radical (unpaired) electrons. The van der Waals surface area contributed by atoms with Crippen LogP contribution in [0.3, 0.4) is 0 Å². The van der Waals surface area contributed by atoms with Gasteiger partial charge in [-0.1, -0.05) is 0 Å². The number of hydrogen-bond acceptors (Lipinski definition) is 6. The van der Waals surface area contributed by atoms with Gasteiger partial charge in [0.1, 0.15) is 23.1 Å². The van der Waals surface area contributed by atoms with Crippen molar-refractivity contribution in [3.8, 4) is 17.1 Å². The van der Waals surface area contributed by atoms with E-state index in [4.69, 9.17) is 4.74 Å². The van der Waals surface area contributed by atoms with E-state index in [0.717, 1.165) is 6.20 Å². The summed E-state index contributed by atoms with van der Waals surface area (Å²) in [6, 6.07) is 8.48. The third kappa shape index (κ3) is 5.09. The van der Waals surface area contributed by atoms with E-state index in [9.17, 15) is 22.4 Å². The molecule has 1 aliphatic rings. The van der Waals surface area contributed by atoms with E-state index in [1.54, 1.807) is 28.6 Å². The van der Waals surface area contributed by atoms with Gasteiger partial charge in [-0.3, -0.25) is 4.79 Å². The van der Waals surface area contributed by atoms with Crippen LogP contribution < -0.4 is 4.74 Å². The number of carbonyl (C=O) groups excluding carboxylic acids is 1. The Morgan fingerprint density at radius 1 is 1.14 bits per heavy atom. The van der Waals surface area contributed by atoms with E-state index < -0.39 is 11.9 Å². The van der Waals surface area contributed by atoms with Crippen LogP contribution in [0.1, 0.15) is 29.0 Å². The molecule has 1 fully saturated rings. The minimum Gasteiger partial charge on any atom is -0.491 e. The quantitative estimate of drug-likeness (QED) is 0.364. The van der Waals surface area contributed by atoms with Gasteiger partial charge >= 0.3 is 6.18 Å². The Labute approximate surface area is 209 Å². The molecule has 1 unspecified atom stereocenters. The number of ether oxygens (including phenoxy) is 1. The second kappa shape index (κ2) is 9.75. The molecule has 192 valence electrons. The molecule has 1 amide bonds. The summed E-state index contributed by atoms with van der Waals surface area (Å²) >= 11 is 0. The molecule has 4 aromatic rings. The first-order valence-corrected chi connectivity index (χ1v) is 11.6. The number of fused-ring (bicyclic) bond motifs is 1. The minimum absolute atomic E-state index is 0.0199. The molecule has 0 N–H and O–H groups in total. The number of rotatable bonds is 5. The molecule has 5 rings (SSSR count). The highest BCUT2D eigenvalue weighted by atomic mass is 19.4. The summed E-state index contributed by atoms with van der Waals surface area (Å²) < 4.78 is 60.0. The van der Waals surface area contributed by atoms with Gasteiger partial charge in [-0.05, 0) is 49.2 Å². The van der Waals surface area contributed by atoms with Crippen LogP contribution in [0.4, 0.5) is 17.6 Å². The summed E-state index contributed by atoms with van der Waals surface area (Å²) in [6.07, 6.45) is -0.810. The van der Waals surface area contributed by atoms with Crippen LogP contribution in [0.5, 0.6) is 5.75 Å². The summed E-state index contributed by atoms with van der Waals surface area (Å²) in [5.41, 5.74) is 0.490.